The van der Waals surface area contributed by atoms with E-state index < -0.39 is 27.8 Å². The highest BCUT2D eigenvalue weighted by atomic mass is 32.2. The number of rotatable bonds is 4. The molecule has 2 fully saturated rings. The Morgan fingerprint density at radius 3 is 2.28 bits per heavy atom. The molecule has 1 N–H and O–H groups in total. The average Bonchev–Trinajstić information content (AvgIpc) is 3.16. The average molecular weight is 386 g/mol. The summed E-state index contributed by atoms with van der Waals surface area (Å²) in [6.07, 6.45) is 2.85. The number of carbonyl (C=O) groups excluding carboxylic acids is 1. The molecule has 1 aromatic rings. The van der Waals surface area contributed by atoms with Crippen molar-refractivity contribution in [2.75, 3.05) is 26.2 Å². The van der Waals surface area contributed by atoms with Crippen LogP contribution >= 0.6 is 11.3 Å². The monoisotopic (exact) mass is 386 g/mol. The minimum Gasteiger partial charge on any atom is -0.481 e. The maximum absolute atomic E-state index is 12.7. The van der Waals surface area contributed by atoms with Crippen molar-refractivity contribution in [1.82, 2.24) is 9.21 Å². The van der Waals surface area contributed by atoms with Gasteiger partial charge < -0.3 is 10.0 Å². The number of amides is 1. The highest BCUT2D eigenvalue weighted by Crippen LogP contribution is 2.32. The summed E-state index contributed by atoms with van der Waals surface area (Å²) < 4.78 is 26.8. The Morgan fingerprint density at radius 1 is 1.08 bits per heavy atom. The first-order valence-electron chi connectivity index (χ1n) is 8.46. The van der Waals surface area contributed by atoms with E-state index in [0.717, 1.165) is 12.8 Å². The van der Waals surface area contributed by atoms with Gasteiger partial charge in [-0.25, -0.2) is 8.42 Å². The maximum Gasteiger partial charge on any atom is 0.307 e. The zero-order valence-electron chi connectivity index (χ0n) is 13.8. The van der Waals surface area contributed by atoms with Gasteiger partial charge in [-0.15, -0.1) is 11.3 Å². The second-order valence-electron chi connectivity index (χ2n) is 6.50. The molecule has 2 aliphatic rings. The van der Waals surface area contributed by atoms with E-state index >= 15 is 0 Å². The molecule has 25 heavy (non-hydrogen) atoms. The van der Waals surface area contributed by atoms with Gasteiger partial charge in [0.05, 0.1) is 11.8 Å². The lowest BCUT2D eigenvalue weighted by atomic mass is 9.78. The molecule has 1 aliphatic carbocycles. The fraction of sp³-hybridized carbons (Fsp3) is 0.625. The van der Waals surface area contributed by atoms with Crippen LogP contribution in [0.25, 0.3) is 0 Å². The number of nitrogens with zero attached hydrogens (tertiary/aromatic N) is 2. The van der Waals surface area contributed by atoms with Crippen LogP contribution in [-0.4, -0.2) is 60.8 Å². The van der Waals surface area contributed by atoms with Gasteiger partial charge in [-0.2, -0.15) is 4.31 Å². The van der Waals surface area contributed by atoms with Crippen molar-refractivity contribution in [3.05, 3.63) is 17.5 Å². The zero-order valence-corrected chi connectivity index (χ0v) is 15.5. The van der Waals surface area contributed by atoms with Crippen LogP contribution < -0.4 is 0 Å². The Labute approximate surface area is 151 Å². The van der Waals surface area contributed by atoms with Crippen molar-refractivity contribution in [3.8, 4) is 0 Å². The molecule has 0 radical (unpaired) electrons. The lowest BCUT2D eigenvalue weighted by Gasteiger charge is -2.37. The molecule has 0 bridgehead atoms. The first-order valence-corrected chi connectivity index (χ1v) is 10.8. The second-order valence-corrected chi connectivity index (χ2v) is 9.61. The van der Waals surface area contributed by atoms with Gasteiger partial charge in [0.1, 0.15) is 4.21 Å². The number of thiophene rings is 1. The van der Waals surface area contributed by atoms with E-state index in [4.69, 9.17) is 0 Å². The lowest BCUT2D eigenvalue weighted by Crippen LogP contribution is -2.53. The number of hydrogen-bond acceptors (Lipinski definition) is 5. The largest absolute Gasteiger partial charge is 0.481 e. The smallest absolute Gasteiger partial charge is 0.307 e. The second kappa shape index (κ2) is 7.43. The molecule has 1 aromatic heterocycles. The van der Waals surface area contributed by atoms with E-state index in [1.807, 2.05) is 0 Å². The van der Waals surface area contributed by atoms with Crippen molar-refractivity contribution in [2.24, 2.45) is 11.8 Å². The predicted octanol–water partition coefficient (Wildman–Crippen LogP) is 1.47. The third-order valence-electron chi connectivity index (χ3n) is 5.04. The Bertz CT molecular complexity index is 724. The summed E-state index contributed by atoms with van der Waals surface area (Å²) in [6, 6.07) is 3.28. The molecule has 0 aromatic carbocycles. The van der Waals surface area contributed by atoms with Gasteiger partial charge in [0.2, 0.25) is 5.91 Å². The topological polar surface area (TPSA) is 95.0 Å². The summed E-state index contributed by atoms with van der Waals surface area (Å²) in [7, 11) is -3.50. The molecular formula is C16H22N2O5S2. The zero-order chi connectivity index (χ0) is 18.0. The van der Waals surface area contributed by atoms with E-state index in [9.17, 15) is 23.1 Å². The van der Waals surface area contributed by atoms with Crippen LogP contribution in [0.1, 0.15) is 25.7 Å². The van der Waals surface area contributed by atoms with E-state index in [1.165, 1.54) is 15.6 Å². The van der Waals surface area contributed by atoms with Crippen LogP contribution in [0.3, 0.4) is 0 Å². The molecule has 3 rings (SSSR count). The highest BCUT2D eigenvalue weighted by Gasteiger charge is 2.39. The number of piperazine rings is 1. The molecule has 1 aliphatic heterocycles. The molecule has 1 saturated heterocycles. The molecule has 0 spiro atoms. The Kier molecular flexibility index (Phi) is 5.45. The molecule has 2 heterocycles. The number of aliphatic carboxylic acids is 1. The van der Waals surface area contributed by atoms with Crippen LogP contribution in [-0.2, 0) is 19.6 Å². The summed E-state index contributed by atoms with van der Waals surface area (Å²) in [6.45, 7) is 1.12. The first-order chi connectivity index (χ1) is 11.9. The number of hydrogen-bond donors (Lipinski definition) is 1. The maximum atomic E-state index is 12.7. The van der Waals surface area contributed by atoms with Crippen LogP contribution in [0, 0.1) is 11.8 Å². The van der Waals surface area contributed by atoms with Crippen LogP contribution in [0.15, 0.2) is 21.7 Å². The third-order valence-corrected chi connectivity index (χ3v) is 8.31. The molecule has 9 heteroatoms. The van der Waals surface area contributed by atoms with E-state index in [-0.39, 0.29) is 19.0 Å². The SMILES string of the molecule is O=C(O)[C@H]1CCCC[C@@H]1C(=O)N1CCN(S(=O)(=O)c2cccs2)CC1. The Balaban J connectivity index is 1.64. The summed E-state index contributed by atoms with van der Waals surface area (Å²) in [4.78, 5) is 25.8. The van der Waals surface area contributed by atoms with Gasteiger partial charge in [0.25, 0.3) is 10.0 Å². The predicted molar refractivity (Wildman–Crippen MR) is 92.7 cm³/mol. The van der Waals surface area contributed by atoms with Crippen molar-refractivity contribution in [1.29, 1.82) is 0 Å². The minimum atomic E-state index is -3.50. The summed E-state index contributed by atoms with van der Waals surface area (Å²) in [5, 5.41) is 11.1. The standard InChI is InChI=1S/C16H22N2O5S2/c19-15(12-4-1-2-5-13(12)16(20)21)17-7-9-18(10-8-17)25(22,23)14-6-3-11-24-14/h3,6,11-13H,1-2,4-5,7-10H2,(H,20,21)/t12-,13-/m0/s1. The quantitative estimate of drug-likeness (QED) is 0.846. The number of carboxylic acids is 1. The fourth-order valence-electron chi connectivity index (χ4n) is 3.64. The third kappa shape index (κ3) is 3.73. The van der Waals surface area contributed by atoms with Crippen molar-refractivity contribution < 1.29 is 23.1 Å². The minimum absolute atomic E-state index is 0.139. The van der Waals surface area contributed by atoms with E-state index in [1.54, 1.807) is 22.4 Å². The molecule has 2 atom stereocenters. The number of carbonyl (C=O) groups is 2. The normalized spacial score (nSPS) is 25.7. The van der Waals surface area contributed by atoms with Gasteiger partial charge in [-0.05, 0) is 24.3 Å². The van der Waals surface area contributed by atoms with Crippen molar-refractivity contribution >= 4 is 33.2 Å². The van der Waals surface area contributed by atoms with Gasteiger partial charge in [-0.1, -0.05) is 18.9 Å². The van der Waals surface area contributed by atoms with Gasteiger partial charge in [-0.3, -0.25) is 9.59 Å². The lowest BCUT2D eigenvalue weighted by molar-refractivity contribution is -0.152. The van der Waals surface area contributed by atoms with Crippen LogP contribution in [0.5, 0.6) is 0 Å². The molecule has 0 unspecified atom stereocenters. The number of carboxylic acid groups (broad SMARTS) is 1. The molecule has 7 nitrogen and oxygen atoms in total. The summed E-state index contributed by atoms with van der Waals surface area (Å²) in [5.41, 5.74) is 0. The fourth-order valence-corrected chi connectivity index (χ4v) is 6.21. The summed E-state index contributed by atoms with van der Waals surface area (Å²) >= 11 is 1.18. The molecule has 1 amide bonds. The van der Waals surface area contributed by atoms with E-state index in [2.05, 4.69) is 0 Å². The molecular weight excluding hydrogens is 364 g/mol. The van der Waals surface area contributed by atoms with Crippen LogP contribution in [0.4, 0.5) is 0 Å². The summed E-state index contributed by atoms with van der Waals surface area (Å²) in [5.74, 6) is -2.14. The van der Waals surface area contributed by atoms with Crippen LogP contribution in [0.2, 0.25) is 0 Å². The Hall–Kier alpha value is -1.45. The molecule has 1 saturated carbocycles. The van der Waals surface area contributed by atoms with Gasteiger partial charge in [0.15, 0.2) is 0 Å². The number of sulfonamides is 1. The van der Waals surface area contributed by atoms with Crippen molar-refractivity contribution in [2.45, 2.75) is 29.9 Å². The molecule has 138 valence electrons. The van der Waals surface area contributed by atoms with Gasteiger partial charge >= 0.3 is 5.97 Å². The van der Waals surface area contributed by atoms with Gasteiger partial charge in [0, 0.05) is 26.2 Å². The highest BCUT2D eigenvalue weighted by molar-refractivity contribution is 7.91. The van der Waals surface area contributed by atoms with E-state index in [0.29, 0.717) is 30.1 Å². The Morgan fingerprint density at radius 2 is 1.72 bits per heavy atom. The first kappa shape index (κ1) is 18.3. The van der Waals surface area contributed by atoms with Crippen molar-refractivity contribution in [3.63, 3.8) is 0 Å².